The van der Waals surface area contributed by atoms with E-state index in [-0.39, 0.29) is 47.6 Å². The highest BCUT2D eigenvalue weighted by molar-refractivity contribution is 5.86. The van der Waals surface area contributed by atoms with Crippen molar-refractivity contribution in [3.63, 3.8) is 0 Å². The number of alkyl halides is 6. The smallest absolute Gasteiger partial charge is 0.342 e. The van der Waals surface area contributed by atoms with Gasteiger partial charge in [-0.1, -0.05) is 76.2 Å². The molecule has 20 heteroatoms. The molecule has 8 rings (SSSR count). The van der Waals surface area contributed by atoms with Gasteiger partial charge in [-0.3, -0.25) is 9.59 Å². The predicted molar refractivity (Wildman–Crippen MR) is 233 cm³/mol. The Labute approximate surface area is 376 Å². The van der Waals surface area contributed by atoms with E-state index in [1.54, 1.807) is 22.2 Å². The number of aromatic amines is 2. The number of hydrogen-bond acceptors (Lipinski definition) is 10. The fourth-order valence-corrected chi connectivity index (χ4v) is 8.45. The van der Waals surface area contributed by atoms with Crippen LogP contribution in [0.4, 0.5) is 38.2 Å². The Bertz CT molecular complexity index is 2460. The van der Waals surface area contributed by atoms with E-state index in [9.17, 15) is 35.9 Å². The second-order valence-corrected chi connectivity index (χ2v) is 17.2. The normalized spacial score (nSPS) is 17.7. The van der Waals surface area contributed by atoms with Crippen LogP contribution in [-0.4, -0.2) is 86.7 Å². The van der Waals surface area contributed by atoms with Crippen LogP contribution in [0.2, 0.25) is 0 Å². The average Bonchev–Trinajstić information content (AvgIpc) is 4.14. The Morgan fingerprint density at radius 3 is 1.29 bits per heavy atom. The molecule has 4 atom stereocenters. The lowest BCUT2D eigenvalue weighted by Crippen LogP contribution is -2.45. The third-order valence-electron chi connectivity index (χ3n) is 11.9. The minimum absolute atomic E-state index is 0.270. The molecule has 6 heterocycles. The topological polar surface area (TPSA) is 174 Å². The molecule has 0 aliphatic carbocycles. The number of hydrogen-bond donors (Lipinski definition) is 4. The second-order valence-electron chi connectivity index (χ2n) is 17.2. The van der Waals surface area contributed by atoms with E-state index < -0.39 is 35.8 Å². The molecule has 4 aromatic heterocycles. The number of benzene rings is 2. The van der Waals surface area contributed by atoms with Crippen molar-refractivity contribution >= 4 is 23.7 Å². The summed E-state index contributed by atoms with van der Waals surface area (Å²) in [5.74, 6) is -0.412. The van der Waals surface area contributed by atoms with Gasteiger partial charge in [0.15, 0.2) is 0 Å². The minimum Gasteiger partial charge on any atom is -0.342 e. The first-order chi connectivity index (χ1) is 31.4. The fourth-order valence-electron chi connectivity index (χ4n) is 8.45. The van der Waals surface area contributed by atoms with Crippen LogP contribution < -0.4 is 10.6 Å². The van der Waals surface area contributed by atoms with Crippen LogP contribution in [0.15, 0.2) is 85.5 Å². The Hall–Kier alpha value is -6.86. The summed E-state index contributed by atoms with van der Waals surface area (Å²) < 4.78 is 79.9. The summed E-state index contributed by atoms with van der Waals surface area (Å²) in [5, 5.41) is 5.69. The number of amides is 2. The highest BCUT2D eigenvalue weighted by atomic mass is 19.4. The number of carbonyl (C=O) groups excluding carboxylic acids is 2. The van der Waals surface area contributed by atoms with Gasteiger partial charge in [0.25, 0.3) is 0 Å². The molecule has 0 radical (unpaired) electrons. The molecular weight excluding hydrogens is 867 g/mol. The molecule has 0 bridgehead atoms. The Morgan fingerprint density at radius 1 is 0.576 bits per heavy atom. The van der Waals surface area contributed by atoms with Gasteiger partial charge in [-0.2, -0.15) is 26.3 Å². The number of anilines is 2. The number of imidazole rings is 2. The Morgan fingerprint density at radius 2 is 0.939 bits per heavy atom. The number of rotatable bonds is 13. The number of likely N-dealkylation sites (tertiary alicyclic amines) is 2. The van der Waals surface area contributed by atoms with Gasteiger partial charge in [-0.05, 0) is 71.9 Å². The molecule has 0 saturated carbocycles. The van der Waals surface area contributed by atoms with Crippen molar-refractivity contribution in [3.8, 4) is 33.6 Å². The largest absolute Gasteiger partial charge is 0.433 e. The molecule has 2 amide bonds. The molecule has 14 nitrogen and oxygen atoms in total. The number of carbonyl (C=O) groups is 2. The van der Waals surface area contributed by atoms with Gasteiger partial charge in [0.2, 0.25) is 23.7 Å². The van der Waals surface area contributed by atoms with E-state index in [4.69, 9.17) is 0 Å². The van der Waals surface area contributed by atoms with Gasteiger partial charge < -0.3 is 30.4 Å². The van der Waals surface area contributed by atoms with Crippen LogP contribution in [-0.2, 0) is 21.9 Å². The minimum atomic E-state index is -4.65. The third kappa shape index (κ3) is 9.86. The van der Waals surface area contributed by atoms with Gasteiger partial charge in [-0.15, -0.1) is 0 Å². The van der Waals surface area contributed by atoms with Gasteiger partial charge in [0, 0.05) is 25.5 Å². The van der Waals surface area contributed by atoms with Crippen LogP contribution in [0.3, 0.4) is 0 Å². The molecule has 346 valence electrons. The SMILES string of the molecule is CC(C)[C@H](Nc1nccc(C(F)(F)F)n1)C(=O)N1CCCC1c1ncc(-c2ccc(-c3ccc(-c4cnc([C@@H]5CCCN5C(=O)[C@@H](Nc5nccc(C(F)(F)F)n5)C(C)C)[nH]4)cc3)cc2)[nH]1. The van der Waals surface area contributed by atoms with Crippen molar-refractivity contribution in [2.24, 2.45) is 11.8 Å². The van der Waals surface area contributed by atoms with E-state index in [0.29, 0.717) is 37.6 Å². The first-order valence-electron chi connectivity index (χ1n) is 21.7. The summed E-state index contributed by atoms with van der Waals surface area (Å²) in [5.41, 5.74) is 3.06. The van der Waals surface area contributed by atoms with Crippen LogP contribution in [0.25, 0.3) is 33.6 Å². The van der Waals surface area contributed by atoms with E-state index in [1.807, 2.05) is 76.2 Å². The van der Waals surface area contributed by atoms with Crippen LogP contribution in [0, 0.1) is 11.8 Å². The lowest BCUT2D eigenvalue weighted by atomic mass is 10.0. The highest BCUT2D eigenvalue weighted by Crippen LogP contribution is 2.36. The second kappa shape index (κ2) is 18.6. The molecule has 6 aromatic rings. The maximum absolute atomic E-state index is 13.9. The average molecular weight is 915 g/mol. The summed E-state index contributed by atoms with van der Waals surface area (Å²) >= 11 is 0. The van der Waals surface area contributed by atoms with Gasteiger partial charge in [-0.25, -0.2) is 29.9 Å². The van der Waals surface area contributed by atoms with Crippen LogP contribution >= 0.6 is 0 Å². The zero-order valence-corrected chi connectivity index (χ0v) is 36.5. The van der Waals surface area contributed by atoms with Gasteiger partial charge in [0.1, 0.15) is 35.1 Å². The first kappa shape index (κ1) is 45.7. The van der Waals surface area contributed by atoms with Crippen molar-refractivity contribution in [1.29, 1.82) is 0 Å². The van der Waals surface area contributed by atoms with Gasteiger partial charge >= 0.3 is 12.4 Å². The zero-order chi connectivity index (χ0) is 46.9. The van der Waals surface area contributed by atoms with E-state index >= 15 is 0 Å². The molecule has 66 heavy (non-hydrogen) atoms. The number of H-pyrrole nitrogens is 2. The van der Waals surface area contributed by atoms with Crippen molar-refractivity contribution in [2.75, 3.05) is 23.7 Å². The van der Waals surface area contributed by atoms with E-state index in [1.165, 1.54) is 0 Å². The Balaban J connectivity index is 0.905. The first-order valence-corrected chi connectivity index (χ1v) is 21.7. The maximum atomic E-state index is 13.9. The molecule has 4 N–H and O–H groups in total. The number of nitrogens with zero attached hydrogens (tertiary/aromatic N) is 8. The maximum Gasteiger partial charge on any atom is 0.433 e. The third-order valence-corrected chi connectivity index (χ3v) is 11.9. The number of aromatic nitrogens is 8. The summed E-state index contributed by atoms with van der Waals surface area (Å²) in [6.07, 6.45) is -1.02. The predicted octanol–water partition coefficient (Wildman–Crippen LogP) is 9.35. The van der Waals surface area contributed by atoms with Gasteiger partial charge in [0.05, 0.1) is 35.9 Å². The standard InChI is InChI=1S/C46H48F6N12O2/c1-25(2)37(61-43-53-19-17-35(59-43)45(47,48)49)41(65)63-21-5-7-33(63)39-55-23-31(57-39)29-13-9-27(10-14-29)28-11-15-30(16-12-28)32-24-56-40(58-32)34-8-6-22-64(34)42(66)38(26(3)4)62-44-54-20-18-36(60-44)46(50,51)52/h9-20,23-26,33-34,37-38H,5-8,21-22H2,1-4H3,(H,55,57)(H,56,58)(H,53,59,61)(H,54,60,62)/t33-,34?,37-,38-/m0/s1. The highest BCUT2D eigenvalue weighted by Gasteiger charge is 2.40. The van der Waals surface area contributed by atoms with Crippen molar-refractivity contribution in [2.45, 2.75) is 89.9 Å². The Kier molecular flexibility index (Phi) is 12.8. The lowest BCUT2D eigenvalue weighted by molar-refractivity contribution is -0.142. The molecule has 2 aliphatic heterocycles. The molecule has 0 spiro atoms. The van der Waals surface area contributed by atoms with E-state index in [2.05, 4.69) is 50.5 Å². The van der Waals surface area contributed by atoms with Crippen LogP contribution in [0.1, 0.15) is 88.5 Å². The summed E-state index contributed by atoms with van der Waals surface area (Å²) in [4.78, 5) is 62.4. The summed E-state index contributed by atoms with van der Waals surface area (Å²) in [6, 6.07) is 15.1. The van der Waals surface area contributed by atoms with Crippen molar-refractivity contribution in [3.05, 3.63) is 108 Å². The molecule has 2 saturated heterocycles. The number of halogens is 6. The van der Waals surface area contributed by atoms with Crippen molar-refractivity contribution < 1.29 is 35.9 Å². The van der Waals surface area contributed by atoms with E-state index in [0.717, 1.165) is 71.0 Å². The van der Waals surface area contributed by atoms with Crippen LogP contribution in [0.5, 0.6) is 0 Å². The quantitative estimate of drug-likeness (QED) is 0.0818. The lowest BCUT2D eigenvalue weighted by Gasteiger charge is -2.30. The summed E-state index contributed by atoms with van der Waals surface area (Å²) in [7, 11) is 0. The molecule has 1 unspecified atom stereocenters. The number of nitrogens with one attached hydrogen (secondary N) is 4. The van der Waals surface area contributed by atoms with Crippen molar-refractivity contribution in [1.82, 2.24) is 49.7 Å². The monoisotopic (exact) mass is 914 g/mol. The molecular formula is C46H48F6N12O2. The fraction of sp³-hybridized carbons (Fsp3) is 0.391. The molecule has 2 aromatic carbocycles. The summed E-state index contributed by atoms with van der Waals surface area (Å²) in [6.45, 7) is 8.16. The molecule has 2 fully saturated rings. The zero-order valence-electron chi connectivity index (χ0n) is 36.5. The molecule has 2 aliphatic rings.